The molecule has 5 N–H and O–H groups in total. The molecule has 1 aliphatic rings. The molecule has 2 unspecified atom stereocenters. The van der Waals surface area contributed by atoms with E-state index in [0.29, 0.717) is 13.1 Å². The summed E-state index contributed by atoms with van der Waals surface area (Å²) < 4.78 is 0. The molecule has 0 spiro atoms. The number of hydrogen-bond acceptors (Lipinski definition) is 7. The van der Waals surface area contributed by atoms with Crippen molar-refractivity contribution in [2.24, 2.45) is 0 Å². The number of aliphatic carboxylic acids is 2. The molecule has 2 aromatic carbocycles. The number of nitrogens with one attached hydrogen (secondary N) is 1. The Labute approximate surface area is 179 Å². The predicted molar refractivity (Wildman–Crippen MR) is 114 cm³/mol. The molecular weight excluding hydrogens is 408 g/mol. The van der Waals surface area contributed by atoms with Gasteiger partial charge < -0.3 is 30.6 Å². The molecule has 8 nitrogen and oxygen atoms in total. The summed E-state index contributed by atoms with van der Waals surface area (Å²) in [6.45, 7) is 3.10. The van der Waals surface area contributed by atoms with Gasteiger partial charge in [-0.1, -0.05) is 43.0 Å². The van der Waals surface area contributed by atoms with Gasteiger partial charge in [-0.05, 0) is 30.7 Å². The second-order valence-electron chi connectivity index (χ2n) is 6.61. The molecule has 0 saturated carbocycles. The summed E-state index contributed by atoms with van der Waals surface area (Å²) in [4.78, 5) is 22.8. The molecule has 0 aliphatic carbocycles. The van der Waals surface area contributed by atoms with Crippen molar-refractivity contribution < 1.29 is 30.0 Å². The van der Waals surface area contributed by atoms with Gasteiger partial charge in [0, 0.05) is 22.4 Å². The van der Waals surface area contributed by atoms with Gasteiger partial charge in [0.1, 0.15) is 0 Å². The number of fused-ring (bicyclic) bond motifs is 2. The number of aliphatic hydroxyl groups is 2. The van der Waals surface area contributed by atoms with E-state index in [-0.39, 0.29) is 12.6 Å². The third-order valence-corrected chi connectivity index (χ3v) is 5.59. The largest absolute Gasteiger partial charge is 0.473 e. The number of rotatable bonds is 7. The molecule has 30 heavy (non-hydrogen) atoms. The Hall–Kier alpha value is -2.59. The van der Waals surface area contributed by atoms with E-state index in [1.165, 1.54) is 9.79 Å². The molecular formula is C21H26N2O6S. The zero-order valence-electron chi connectivity index (χ0n) is 16.6. The van der Waals surface area contributed by atoms with Gasteiger partial charge in [0.2, 0.25) is 0 Å². The molecule has 2 aromatic rings. The number of carboxylic acids is 2. The Kier molecular flexibility index (Phi) is 9.13. The predicted octanol–water partition coefficient (Wildman–Crippen LogP) is 2.17. The van der Waals surface area contributed by atoms with Gasteiger partial charge >= 0.3 is 11.9 Å². The quantitative estimate of drug-likeness (QED) is 0.416. The topological polar surface area (TPSA) is 130 Å². The fourth-order valence-electron chi connectivity index (χ4n) is 2.89. The van der Waals surface area contributed by atoms with Crippen LogP contribution in [0.3, 0.4) is 0 Å². The minimum atomic E-state index is -1.82. The van der Waals surface area contributed by atoms with Crippen LogP contribution < -0.4 is 10.2 Å². The van der Waals surface area contributed by atoms with E-state index in [2.05, 4.69) is 34.5 Å². The Morgan fingerprint density at radius 3 is 1.93 bits per heavy atom. The maximum absolute atomic E-state index is 10.5. The highest BCUT2D eigenvalue weighted by Gasteiger charge is 2.24. The van der Waals surface area contributed by atoms with E-state index in [1.54, 1.807) is 11.8 Å². The first-order valence-electron chi connectivity index (χ1n) is 9.49. The molecule has 0 radical (unpaired) electrons. The van der Waals surface area contributed by atoms with Crippen LogP contribution in [0.1, 0.15) is 13.3 Å². The van der Waals surface area contributed by atoms with Crippen LogP contribution in [0, 0.1) is 0 Å². The molecule has 0 saturated heterocycles. The van der Waals surface area contributed by atoms with Crippen LogP contribution >= 0.6 is 11.8 Å². The maximum Gasteiger partial charge on any atom is 0.414 e. The summed E-state index contributed by atoms with van der Waals surface area (Å²) in [7, 11) is 0. The lowest BCUT2D eigenvalue weighted by Gasteiger charge is -2.34. The number of para-hydroxylation sites is 2. The number of anilines is 2. The smallest absolute Gasteiger partial charge is 0.414 e. The number of carboxylic acid groups (broad SMARTS) is 2. The van der Waals surface area contributed by atoms with Gasteiger partial charge in [-0.2, -0.15) is 0 Å². The second kappa shape index (κ2) is 11.6. The number of benzene rings is 2. The van der Waals surface area contributed by atoms with E-state index in [1.807, 2.05) is 31.2 Å². The van der Waals surface area contributed by atoms with Crippen LogP contribution in [-0.2, 0) is 9.59 Å². The van der Waals surface area contributed by atoms with Crippen molar-refractivity contribution in [3.8, 4) is 0 Å². The summed E-state index contributed by atoms with van der Waals surface area (Å²) in [5, 5.41) is 37.8. The lowest BCUT2D eigenvalue weighted by molar-refractivity contribution is -0.159. The van der Waals surface area contributed by atoms with Crippen LogP contribution in [0.5, 0.6) is 0 Å². The van der Waals surface area contributed by atoms with Gasteiger partial charge in [-0.3, -0.25) is 0 Å². The van der Waals surface area contributed by atoms with E-state index < -0.39 is 18.0 Å². The Morgan fingerprint density at radius 1 is 1.00 bits per heavy atom. The molecule has 3 rings (SSSR count). The van der Waals surface area contributed by atoms with Crippen LogP contribution in [0.2, 0.25) is 0 Å². The molecule has 0 amide bonds. The maximum atomic E-state index is 10.5. The third kappa shape index (κ3) is 6.46. The Morgan fingerprint density at radius 2 is 1.50 bits per heavy atom. The molecule has 0 aromatic heterocycles. The van der Waals surface area contributed by atoms with Gasteiger partial charge in [-0.15, -0.1) is 0 Å². The van der Waals surface area contributed by atoms with Crippen LogP contribution in [-0.4, -0.2) is 64.2 Å². The van der Waals surface area contributed by atoms with Crippen LogP contribution in [0.25, 0.3) is 0 Å². The first-order chi connectivity index (χ1) is 14.4. The summed E-state index contributed by atoms with van der Waals surface area (Å²) >= 11 is 1.77. The third-order valence-electron chi connectivity index (χ3n) is 4.46. The van der Waals surface area contributed by atoms with Gasteiger partial charge in [0.25, 0.3) is 0 Å². The van der Waals surface area contributed by atoms with Gasteiger partial charge in [0.15, 0.2) is 0 Å². The second-order valence-corrected chi connectivity index (χ2v) is 7.69. The molecule has 9 heteroatoms. The average Bonchev–Trinajstić information content (AvgIpc) is 2.74. The van der Waals surface area contributed by atoms with E-state index in [9.17, 15) is 10.2 Å². The monoisotopic (exact) mass is 434 g/mol. The van der Waals surface area contributed by atoms with Crippen LogP contribution in [0.15, 0.2) is 58.3 Å². The van der Waals surface area contributed by atoms with Crippen molar-refractivity contribution >= 4 is 35.1 Å². The minimum Gasteiger partial charge on any atom is -0.473 e. The zero-order chi connectivity index (χ0) is 22.1. The summed E-state index contributed by atoms with van der Waals surface area (Å²) in [6, 6.07) is 16.6. The zero-order valence-corrected chi connectivity index (χ0v) is 17.4. The Bertz CT molecular complexity index is 801. The number of β-amino-alcohol motifs (C(OH)–C–C–N with tert-alkyl or cyclic N) is 1. The molecule has 1 aliphatic heterocycles. The summed E-state index contributed by atoms with van der Waals surface area (Å²) in [5.74, 6) is -3.65. The molecule has 0 fully saturated rings. The molecule has 162 valence electrons. The summed E-state index contributed by atoms with van der Waals surface area (Å²) in [5.41, 5.74) is 2.27. The fourth-order valence-corrected chi connectivity index (χ4v) is 3.99. The van der Waals surface area contributed by atoms with E-state index in [0.717, 1.165) is 17.8 Å². The summed E-state index contributed by atoms with van der Waals surface area (Å²) in [6.07, 6.45) is 0.324. The number of carbonyl (C=O) groups is 2. The highest BCUT2D eigenvalue weighted by atomic mass is 32.2. The SMILES string of the molecule is CCC(CO)NCC(O)CN1c2ccccc2Sc2ccccc21.O=C(O)C(=O)O. The number of hydrogen-bond donors (Lipinski definition) is 5. The average molecular weight is 435 g/mol. The first-order valence-corrected chi connectivity index (χ1v) is 10.3. The van der Waals surface area contributed by atoms with Gasteiger partial charge in [0.05, 0.1) is 30.6 Å². The molecule has 0 bridgehead atoms. The van der Waals surface area contributed by atoms with Crippen molar-refractivity contribution in [3.63, 3.8) is 0 Å². The van der Waals surface area contributed by atoms with E-state index in [4.69, 9.17) is 19.8 Å². The van der Waals surface area contributed by atoms with Gasteiger partial charge in [-0.25, -0.2) is 9.59 Å². The minimum absolute atomic E-state index is 0.0381. The molecule has 1 heterocycles. The number of nitrogens with zero attached hydrogens (tertiary/aromatic N) is 1. The standard InChI is InChI=1S/C19H24N2O2S.C2H2O4/c1-2-14(13-22)20-11-15(23)12-21-16-7-3-5-9-18(16)24-19-10-6-4-8-17(19)21;3-1(4)2(5)6/h3-10,14-15,20,22-23H,2,11-13H2,1H3;(H,3,4)(H,5,6). The fraction of sp³-hybridized carbons (Fsp3) is 0.333. The van der Waals surface area contributed by atoms with E-state index >= 15 is 0 Å². The highest BCUT2D eigenvalue weighted by molar-refractivity contribution is 7.99. The van der Waals surface area contributed by atoms with Crippen LogP contribution in [0.4, 0.5) is 11.4 Å². The van der Waals surface area contributed by atoms with Crippen molar-refractivity contribution in [3.05, 3.63) is 48.5 Å². The number of aliphatic hydroxyl groups excluding tert-OH is 2. The lowest BCUT2D eigenvalue weighted by Crippen LogP contribution is -2.42. The van der Waals surface area contributed by atoms with Crippen molar-refractivity contribution in [2.75, 3.05) is 24.6 Å². The van der Waals surface area contributed by atoms with Crippen molar-refractivity contribution in [2.45, 2.75) is 35.3 Å². The highest BCUT2D eigenvalue weighted by Crippen LogP contribution is 2.47. The van der Waals surface area contributed by atoms with Crippen molar-refractivity contribution in [1.29, 1.82) is 0 Å². The Balaban J connectivity index is 0.000000469. The molecule has 2 atom stereocenters. The lowest BCUT2D eigenvalue weighted by atomic mass is 10.2. The van der Waals surface area contributed by atoms with Crippen molar-refractivity contribution in [1.82, 2.24) is 5.32 Å². The normalized spacial score (nSPS) is 13.9. The first kappa shape index (κ1) is 23.7.